The third kappa shape index (κ3) is 5.70. The number of anilines is 1. The summed E-state index contributed by atoms with van der Waals surface area (Å²) >= 11 is 0. The highest BCUT2D eigenvalue weighted by molar-refractivity contribution is 5.86. The van der Waals surface area contributed by atoms with Crippen molar-refractivity contribution in [2.24, 2.45) is 5.92 Å². The molecule has 4 aromatic rings. The van der Waals surface area contributed by atoms with Gasteiger partial charge in [-0.25, -0.2) is 13.6 Å². The van der Waals surface area contributed by atoms with Gasteiger partial charge in [0.05, 0.1) is 24.3 Å². The number of ether oxygens (including phenoxy) is 1. The lowest BCUT2D eigenvalue weighted by atomic mass is 9.81. The molecule has 5 rings (SSSR count). The van der Waals surface area contributed by atoms with Gasteiger partial charge in [-0.2, -0.15) is 5.26 Å². The average molecular weight is 526 g/mol. The summed E-state index contributed by atoms with van der Waals surface area (Å²) in [4.78, 5) is 14.5. The van der Waals surface area contributed by atoms with Crippen molar-refractivity contribution in [3.05, 3.63) is 113 Å². The number of carbonyl (C=O) groups excluding carboxylic acids is 1. The predicted octanol–water partition coefficient (Wildman–Crippen LogP) is 7.09. The zero-order chi connectivity index (χ0) is 27.4. The summed E-state index contributed by atoms with van der Waals surface area (Å²) in [6.45, 7) is 2.85. The number of alkyl carbamates (subject to hydrolysis) is 1. The van der Waals surface area contributed by atoms with E-state index in [-0.39, 0.29) is 35.7 Å². The van der Waals surface area contributed by atoms with Gasteiger partial charge in [-0.3, -0.25) is 0 Å². The third-order valence-electron chi connectivity index (χ3n) is 7.50. The fraction of sp³-hybridized carbons (Fsp3) is 0.250. The fourth-order valence-electron chi connectivity index (χ4n) is 5.52. The van der Waals surface area contributed by atoms with Gasteiger partial charge in [-0.05, 0) is 47.4 Å². The number of carbonyl (C=O) groups is 1. The SMILES string of the molecule is C[C@@H](NC(=O)OCC1CCN(c2c(F)cc(C#N)cc2F)CC1c1ccccc1)c1cccc2ccccc12. The Hall–Kier alpha value is -4.44. The summed E-state index contributed by atoms with van der Waals surface area (Å²) < 4.78 is 35.3. The zero-order valence-electron chi connectivity index (χ0n) is 21.6. The number of hydrogen-bond acceptors (Lipinski definition) is 4. The smallest absolute Gasteiger partial charge is 0.407 e. The van der Waals surface area contributed by atoms with Gasteiger partial charge in [0, 0.05) is 24.9 Å². The molecule has 0 spiro atoms. The van der Waals surface area contributed by atoms with Gasteiger partial charge < -0.3 is 15.0 Å². The van der Waals surface area contributed by atoms with Crippen LogP contribution >= 0.6 is 0 Å². The van der Waals surface area contributed by atoms with Crippen LogP contribution in [0.25, 0.3) is 10.8 Å². The van der Waals surface area contributed by atoms with Gasteiger partial charge in [0.1, 0.15) is 5.69 Å². The normalized spacial score (nSPS) is 17.8. The lowest BCUT2D eigenvalue weighted by molar-refractivity contribution is 0.111. The molecule has 0 radical (unpaired) electrons. The van der Waals surface area contributed by atoms with E-state index in [9.17, 15) is 13.6 Å². The second kappa shape index (κ2) is 11.5. The van der Waals surface area contributed by atoms with E-state index in [1.54, 1.807) is 11.0 Å². The van der Waals surface area contributed by atoms with Gasteiger partial charge in [0.25, 0.3) is 0 Å². The minimum absolute atomic E-state index is 0.0354. The number of fused-ring (bicyclic) bond motifs is 1. The summed E-state index contributed by atoms with van der Waals surface area (Å²) in [5, 5.41) is 14.2. The van der Waals surface area contributed by atoms with Gasteiger partial charge in [0.15, 0.2) is 11.6 Å². The first-order valence-electron chi connectivity index (χ1n) is 13.0. The molecule has 5 nitrogen and oxygen atoms in total. The molecule has 1 aliphatic rings. The molecular weight excluding hydrogens is 496 g/mol. The van der Waals surface area contributed by atoms with Crippen molar-refractivity contribution < 1.29 is 18.3 Å². The molecule has 1 fully saturated rings. The molecule has 1 heterocycles. The van der Waals surface area contributed by atoms with Crippen molar-refractivity contribution in [2.75, 3.05) is 24.6 Å². The molecule has 2 unspecified atom stereocenters. The Morgan fingerprint density at radius 3 is 2.49 bits per heavy atom. The third-order valence-corrected chi connectivity index (χ3v) is 7.50. The molecule has 1 aliphatic heterocycles. The first kappa shape index (κ1) is 26.2. The number of amides is 1. The molecule has 3 atom stereocenters. The Kier molecular flexibility index (Phi) is 7.74. The van der Waals surface area contributed by atoms with E-state index in [4.69, 9.17) is 10.00 Å². The van der Waals surface area contributed by atoms with Crippen LogP contribution in [0.3, 0.4) is 0 Å². The summed E-state index contributed by atoms with van der Waals surface area (Å²) in [5.41, 5.74) is 1.83. The summed E-state index contributed by atoms with van der Waals surface area (Å²) in [6.07, 6.45) is 0.0683. The topological polar surface area (TPSA) is 65.4 Å². The molecule has 4 aromatic carbocycles. The first-order valence-corrected chi connectivity index (χ1v) is 13.0. The van der Waals surface area contributed by atoms with Crippen molar-refractivity contribution >= 4 is 22.6 Å². The summed E-state index contributed by atoms with van der Waals surface area (Å²) in [6, 6.07) is 27.4. The van der Waals surface area contributed by atoms with Crippen LogP contribution in [0.2, 0.25) is 0 Å². The number of halogens is 2. The average Bonchev–Trinajstić information content (AvgIpc) is 2.96. The molecule has 1 amide bonds. The van der Waals surface area contributed by atoms with Crippen molar-refractivity contribution in [2.45, 2.75) is 25.3 Å². The van der Waals surface area contributed by atoms with E-state index in [2.05, 4.69) is 5.32 Å². The van der Waals surface area contributed by atoms with E-state index < -0.39 is 17.7 Å². The number of rotatable bonds is 6. The van der Waals surface area contributed by atoms with E-state index in [0.29, 0.717) is 19.5 Å². The molecule has 1 saturated heterocycles. The van der Waals surface area contributed by atoms with Crippen molar-refractivity contribution in [3.8, 4) is 6.07 Å². The van der Waals surface area contributed by atoms with Crippen LogP contribution in [-0.2, 0) is 4.74 Å². The number of nitrogens with zero attached hydrogens (tertiary/aromatic N) is 2. The Morgan fingerprint density at radius 2 is 1.74 bits per heavy atom. The van der Waals surface area contributed by atoms with Crippen molar-refractivity contribution in [1.82, 2.24) is 5.32 Å². The molecule has 0 aromatic heterocycles. The van der Waals surface area contributed by atoms with E-state index in [0.717, 1.165) is 34.0 Å². The number of nitriles is 1. The van der Waals surface area contributed by atoms with Crippen LogP contribution in [-0.4, -0.2) is 25.8 Å². The van der Waals surface area contributed by atoms with Gasteiger partial charge in [-0.1, -0.05) is 72.8 Å². The van der Waals surface area contributed by atoms with Gasteiger partial charge in [0.2, 0.25) is 0 Å². The second-order valence-electron chi connectivity index (χ2n) is 9.95. The number of benzene rings is 4. The van der Waals surface area contributed by atoms with Crippen molar-refractivity contribution in [1.29, 1.82) is 5.26 Å². The number of piperidine rings is 1. The van der Waals surface area contributed by atoms with Crippen LogP contribution in [0.15, 0.2) is 84.9 Å². The van der Waals surface area contributed by atoms with Crippen LogP contribution < -0.4 is 10.2 Å². The molecule has 1 N–H and O–H groups in total. The lowest BCUT2D eigenvalue weighted by Crippen LogP contribution is -2.42. The maximum atomic E-state index is 14.8. The predicted molar refractivity (Wildman–Crippen MR) is 147 cm³/mol. The Labute approximate surface area is 226 Å². The number of nitrogens with one attached hydrogen (secondary N) is 1. The highest BCUT2D eigenvalue weighted by Gasteiger charge is 2.33. The standard InChI is InChI=1S/C32H29F2N3O2/c1-21(26-13-7-11-23-10-5-6-12-27(23)26)36-32(38)39-20-25-14-15-37(19-28(25)24-8-3-2-4-9-24)31-29(33)16-22(18-35)17-30(31)34/h2-13,16-17,21,25,28H,14-15,19-20H2,1H3,(H,36,38)/t21-,25?,28?/m1/s1. The maximum Gasteiger partial charge on any atom is 0.407 e. The second-order valence-corrected chi connectivity index (χ2v) is 9.95. The zero-order valence-corrected chi connectivity index (χ0v) is 21.6. The van der Waals surface area contributed by atoms with E-state index >= 15 is 0 Å². The minimum Gasteiger partial charge on any atom is -0.449 e. The van der Waals surface area contributed by atoms with Crippen LogP contribution in [0.4, 0.5) is 19.3 Å². The molecule has 0 bridgehead atoms. The fourth-order valence-corrected chi connectivity index (χ4v) is 5.52. The summed E-state index contributed by atoms with van der Waals surface area (Å²) in [5.74, 6) is -1.66. The van der Waals surface area contributed by atoms with Crippen molar-refractivity contribution in [3.63, 3.8) is 0 Å². The highest BCUT2D eigenvalue weighted by Crippen LogP contribution is 2.37. The maximum absolute atomic E-state index is 14.8. The highest BCUT2D eigenvalue weighted by atomic mass is 19.1. The first-order chi connectivity index (χ1) is 18.9. The molecule has 7 heteroatoms. The lowest BCUT2D eigenvalue weighted by Gasteiger charge is -2.40. The minimum atomic E-state index is -0.755. The summed E-state index contributed by atoms with van der Waals surface area (Å²) in [7, 11) is 0. The molecule has 39 heavy (non-hydrogen) atoms. The van der Waals surface area contributed by atoms with E-state index in [1.165, 1.54) is 0 Å². The van der Waals surface area contributed by atoms with E-state index in [1.807, 2.05) is 79.7 Å². The molecule has 198 valence electrons. The molecule has 0 aliphatic carbocycles. The Balaban J connectivity index is 1.29. The quantitative estimate of drug-likeness (QED) is 0.292. The van der Waals surface area contributed by atoms with Crippen LogP contribution in [0.5, 0.6) is 0 Å². The largest absolute Gasteiger partial charge is 0.449 e. The van der Waals surface area contributed by atoms with Gasteiger partial charge >= 0.3 is 6.09 Å². The van der Waals surface area contributed by atoms with Gasteiger partial charge in [-0.15, -0.1) is 0 Å². The number of hydrogen-bond donors (Lipinski definition) is 1. The Morgan fingerprint density at radius 1 is 1.05 bits per heavy atom. The molecular formula is C32H29F2N3O2. The monoisotopic (exact) mass is 525 g/mol. The van der Waals surface area contributed by atoms with Crippen LogP contribution in [0, 0.1) is 28.9 Å². The van der Waals surface area contributed by atoms with Crippen LogP contribution in [0.1, 0.15) is 42.0 Å². The Bertz CT molecular complexity index is 1490. The molecule has 0 saturated carbocycles.